The van der Waals surface area contributed by atoms with Crippen LogP contribution in [0.5, 0.6) is 0 Å². The second kappa shape index (κ2) is 4.92. The fourth-order valence-electron chi connectivity index (χ4n) is 2.65. The van der Waals surface area contributed by atoms with Crippen molar-refractivity contribution in [2.45, 2.75) is 50.0 Å². The number of rotatable bonds is 2. The van der Waals surface area contributed by atoms with Crippen molar-refractivity contribution in [3.8, 4) is 6.07 Å². The summed E-state index contributed by atoms with van der Waals surface area (Å²) in [5, 5.41) is 7.84. The summed E-state index contributed by atoms with van der Waals surface area (Å²) in [5.41, 5.74) is 0. The molecular weight excluding hydrogens is 240 g/mol. The van der Waals surface area contributed by atoms with Crippen LogP contribution in [0.1, 0.15) is 32.6 Å². The molecule has 0 N–H and O–H groups in total. The van der Waals surface area contributed by atoms with Crippen LogP contribution in [0, 0.1) is 11.3 Å². The summed E-state index contributed by atoms with van der Waals surface area (Å²) < 4.78 is 31.6. The summed E-state index contributed by atoms with van der Waals surface area (Å²) >= 11 is 0. The number of nitriles is 1. The van der Waals surface area contributed by atoms with Gasteiger partial charge in [-0.05, 0) is 19.8 Å². The van der Waals surface area contributed by atoms with E-state index in [4.69, 9.17) is 10.00 Å². The van der Waals surface area contributed by atoms with Crippen LogP contribution < -0.4 is 0 Å². The minimum atomic E-state index is -3.49. The van der Waals surface area contributed by atoms with Gasteiger partial charge >= 0.3 is 0 Å². The van der Waals surface area contributed by atoms with Crippen LogP contribution in [0.3, 0.4) is 0 Å². The van der Waals surface area contributed by atoms with Gasteiger partial charge in [0.15, 0.2) is 5.25 Å². The topological polar surface area (TPSA) is 70.4 Å². The standard InChI is InChI=1S/C11H18N2O3S/c1-9(8-12)17(14,15)13-6-7-16-11-5-3-2-4-10(11)13/h9-11H,2-7H2,1H3. The summed E-state index contributed by atoms with van der Waals surface area (Å²) in [5.74, 6) is 0. The molecule has 2 rings (SSSR count). The van der Waals surface area contributed by atoms with Crippen LogP contribution in [-0.4, -0.2) is 43.3 Å². The second-order valence-electron chi connectivity index (χ2n) is 4.69. The molecule has 6 heteroatoms. The molecule has 96 valence electrons. The Labute approximate surface area is 102 Å². The molecule has 1 saturated carbocycles. The Kier molecular flexibility index (Phi) is 3.71. The molecule has 2 fully saturated rings. The highest BCUT2D eigenvalue weighted by Gasteiger charge is 2.42. The Bertz CT molecular complexity index is 413. The smallest absolute Gasteiger partial charge is 0.230 e. The van der Waals surface area contributed by atoms with Gasteiger partial charge in [0, 0.05) is 6.54 Å². The first-order valence-electron chi connectivity index (χ1n) is 6.09. The Morgan fingerprint density at radius 1 is 1.41 bits per heavy atom. The Hall–Kier alpha value is -0.640. The quantitative estimate of drug-likeness (QED) is 0.737. The van der Waals surface area contributed by atoms with E-state index in [1.54, 1.807) is 0 Å². The third kappa shape index (κ3) is 2.32. The molecule has 1 heterocycles. The number of hydrogen-bond acceptors (Lipinski definition) is 4. The number of hydrogen-bond donors (Lipinski definition) is 0. The van der Waals surface area contributed by atoms with E-state index in [0.717, 1.165) is 25.7 Å². The first-order valence-corrected chi connectivity index (χ1v) is 7.59. The summed E-state index contributed by atoms with van der Waals surface area (Å²) in [6.45, 7) is 2.27. The van der Waals surface area contributed by atoms with E-state index >= 15 is 0 Å². The van der Waals surface area contributed by atoms with Gasteiger partial charge in [-0.1, -0.05) is 12.8 Å². The van der Waals surface area contributed by atoms with Gasteiger partial charge in [-0.25, -0.2) is 8.42 Å². The Morgan fingerprint density at radius 2 is 2.12 bits per heavy atom. The largest absolute Gasteiger partial charge is 0.375 e. The van der Waals surface area contributed by atoms with Crippen molar-refractivity contribution in [2.24, 2.45) is 0 Å². The van der Waals surface area contributed by atoms with E-state index in [1.807, 2.05) is 6.07 Å². The fraction of sp³-hybridized carbons (Fsp3) is 0.909. The van der Waals surface area contributed by atoms with Crippen LogP contribution in [0.25, 0.3) is 0 Å². The molecule has 0 aromatic rings. The zero-order valence-electron chi connectivity index (χ0n) is 10.0. The molecule has 3 unspecified atom stereocenters. The summed E-state index contributed by atoms with van der Waals surface area (Å²) in [7, 11) is -3.49. The zero-order chi connectivity index (χ0) is 12.5. The highest BCUT2D eigenvalue weighted by Crippen LogP contribution is 2.31. The maximum Gasteiger partial charge on any atom is 0.230 e. The Balaban J connectivity index is 2.22. The summed E-state index contributed by atoms with van der Waals surface area (Å²) in [4.78, 5) is 0. The lowest BCUT2D eigenvalue weighted by Gasteiger charge is -2.43. The van der Waals surface area contributed by atoms with Crippen LogP contribution in [0.2, 0.25) is 0 Å². The van der Waals surface area contributed by atoms with Gasteiger partial charge in [0.2, 0.25) is 10.0 Å². The van der Waals surface area contributed by atoms with Crippen molar-refractivity contribution in [2.75, 3.05) is 13.2 Å². The molecule has 0 amide bonds. The molecule has 1 aliphatic heterocycles. The normalized spacial score (nSPS) is 32.5. The highest BCUT2D eigenvalue weighted by molar-refractivity contribution is 7.90. The molecule has 0 spiro atoms. The number of morpholine rings is 1. The summed E-state index contributed by atoms with van der Waals surface area (Å²) in [6.07, 6.45) is 3.94. The molecule has 0 aromatic heterocycles. The lowest BCUT2D eigenvalue weighted by Crippen LogP contribution is -2.56. The molecule has 1 saturated heterocycles. The van der Waals surface area contributed by atoms with E-state index in [9.17, 15) is 8.42 Å². The minimum absolute atomic E-state index is 0.0261. The van der Waals surface area contributed by atoms with Crippen molar-refractivity contribution in [3.05, 3.63) is 0 Å². The lowest BCUT2D eigenvalue weighted by molar-refractivity contribution is -0.0587. The molecule has 0 aromatic carbocycles. The Morgan fingerprint density at radius 3 is 2.82 bits per heavy atom. The SMILES string of the molecule is CC(C#N)S(=O)(=O)N1CCOC2CCCCC21. The van der Waals surface area contributed by atoms with Gasteiger partial charge in [-0.15, -0.1) is 0 Å². The minimum Gasteiger partial charge on any atom is -0.375 e. The van der Waals surface area contributed by atoms with Crippen LogP contribution in [-0.2, 0) is 14.8 Å². The predicted octanol–water partition coefficient (Wildman–Crippen LogP) is 0.872. The number of sulfonamides is 1. The van der Waals surface area contributed by atoms with Gasteiger partial charge < -0.3 is 4.74 Å². The van der Waals surface area contributed by atoms with E-state index < -0.39 is 15.3 Å². The molecule has 5 nitrogen and oxygen atoms in total. The van der Waals surface area contributed by atoms with Gasteiger partial charge in [0.1, 0.15) is 0 Å². The van der Waals surface area contributed by atoms with Crippen LogP contribution >= 0.6 is 0 Å². The maximum atomic E-state index is 12.2. The number of nitrogens with zero attached hydrogens (tertiary/aromatic N) is 2. The number of ether oxygens (including phenoxy) is 1. The molecule has 1 aliphatic carbocycles. The van der Waals surface area contributed by atoms with Gasteiger partial charge in [-0.2, -0.15) is 9.57 Å². The second-order valence-corrected chi connectivity index (χ2v) is 6.89. The van der Waals surface area contributed by atoms with E-state index in [1.165, 1.54) is 11.2 Å². The molecule has 17 heavy (non-hydrogen) atoms. The first-order chi connectivity index (χ1) is 8.07. The maximum absolute atomic E-state index is 12.2. The third-order valence-corrected chi connectivity index (χ3v) is 5.74. The van der Waals surface area contributed by atoms with E-state index in [2.05, 4.69) is 0 Å². The fourth-order valence-corrected chi connectivity index (χ4v) is 4.13. The molecule has 2 aliphatic rings. The molecule has 3 atom stereocenters. The van der Waals surface area contributed by atoms with Gasteiger partial charge in [-0.3, -0.25) is 0 Å². The molecule has 0 radical (unpaired) electrons. The third-order valence-electron chi connectivity index (χ3n) is 3.64. The van der Waals surface area contributed by atoms with Crippen molar-refractivity contribution in [1.82, 2.24) is 4.31 Å². The van der Waals surface area contributed by atoms with Crippen molar-refractivity contribution in [1.29, 1.82) is 5.26 Å². The van der Waals surface area contributed by atoms with Gasteiger partial charge in [0.25, 0.3) is 0 Å². The first kappa shape index (κ1) is 12.8. The summed E-state index contributed by atoms with van der Waals surface area (Å²) in [6, 6.07) is 1.77. The van der Waals surface area contributed by atoms with Crippen molar-refractivity contribution >= 4 is 10.0 Å². The molecular formula is C11H18N2O3S. The highest BCUT2D eigenvalue weighted by atomic mass is 32.2. The van der Waals surface area contributed by atoms with Crippen LogP contribution in [0.4, 0.5) is 0 Å². The lowest BCUT2D eigenvalue weighted by atomic mass is 9.91. The van der Waals surface area contributed by atoms with Crippen molar-refractivity contribution < 1.29 is 13.2 Å². The average Bonchev–Trinajstić information content (AvgIpc) is 2.37. The van der Waals surface area contributed by atoms with Crippen LogP contribution in [0.15, 0.2) is 0 Å². The van der Waals surface area contributed by atoms with Gasteiger partial charge in [0.05, 0.1) is 24.8 Å². The predicted molar refractivity (Wildman–Crippen MR) is 62.7 cm³/mol. The van der Waals surface area contributed by atoms with E-state index in [-0.39, 0.29) is 12.1 Å². The van der Waals surface area contributed by atoms with Crippen molar-refractivity contribution in [3.63, 3.8) is 0 Å². The monoisotopic (exact) mass is 258 g/mol. The zero-order valence-corrected chi connectivity index (χ0v) is 10.8. The molecule has 0 bridgehead atoms. The number of fused-ring (bicyclic) bond motifs is 1. The average molecular weight is 258 g/mol. The van der Waals surface area contributed by atoms with E-state index in [0.29, 0.717) is 13.2 Å².